The average Bonchev–Trinajstić information content (AvgIpc) is 2.39. The second kappa shape index (κ2) is 6.38. The van der Waals surface area contributed by atoms with Crippen LogP contribution in [0.1, 0.15) is 19.8 Å². The molecule has 0 bridgehead atoms. The van der Waals surface area contributed by atoms with E-state index in [1.807, 2.05) is 9.80 Å². The van der Waals surface area contributed by atoms with Crippen LogP contribution in [0.15, 0.2) is 0 Å². The van der Waals surface area contributed by atoms with Crippen molar-refractivity contribution in [3.05, 3.63) is 0 Å². The van der Waals surface area contributed by atoms with Crippen LogP contribution >= 0.6 is 0 Å². The summed E-state index contributed by atoms with van der Waals surface area (Å²) in [5.74, 6) is 0.637. The minimum absolute atomic E-state index is 0.206. The van der Waals surface area contributed by atoms with Crippen molar-refractivity contribution in [3.63, 3.8) is 0 Å². The van der Waals surface area contributed by atoms with E-state index in [1.165, 1.54) is 6.42 Å². The molecule has 2 amide bonds. The first-order chi connectivity index (χ1) is 8.70. The highest BCUT2D eigenvalue weighted by Crippen LogP contribution is 2.17. The third kappa shape index (κ3) is 3.36. The predicted molar refractivity (Wildman–Crippen MR) is 70.5 cm³/mol. The Morgan fingerprint density at radius 1 is 1.17 bits per heavy atom. The molecule has 0 aromatic carbocycles. The summed E-state index contributed by atoms with van der Waals surface area (Å²) in [5.41, 5.74) is 0. The number of hydrogen-bond donors (Lipinski definition) is 1. The van der Waals surface area contributed by atoms with E-state index in [0.717, 1.165) is 52.2 Å². The first kappa shape index (κ1) is 13.6. The highest BCUT2D eigenvalue weighted by Gasteiger charge is 2.27. The number of nitrogens with zero attached hydrogens (tertiary/aromatic N) is 3. The average molecular weight is 255 g/mol. The van der Waals surface area contributed by atoms with E-state index in [2.05, 4.69) is 11.8 Å². The Kier molecular flexibility index (Phi) is 4.83. The van der Waals surface area contributed by atoms with Gasteiger partial charge in [-0.25, -0.2) is 4.79 Å². The van der Waals surface area contributed by atoms with Gasteiger partial charge in [0, 0.05) is 45.8 Å². The summed E-state index contributed by atoms with van der Waals surface area (Å²) >= 11 is 0. The van der Waals surface area contributed by atoms with Crippen LogP contribution in [0, 0.1) is 5.92 Å². The predicted octanol–water partition coefficient (Wildman–Crippen LogP) is 0.448. The van der Waals surface area contributed by atoms with Crippen LogP contribution < -0.4 is 0 Å². The van der Waals surface area contributed by atoms with Crippen molar-refractivity contribution in [1.82, 2.24) is 14.7 Å². The van der Waals surface area contributed by atoms with Gasteiger partial charge in [-0.2, -0.15) is 0 Å². The van der Waals surface area contributed by atoms with E-state index in [4.69, 9.17) is 5.11 Å². The smallest absolute Gasteiger partial charge is 0.320 e. The molecule has 2 heterocycles. The monoisotopic (exact) mass is 255 g/mol. The van der Waals surface area contributed by atoms with Crippen molar-refractivity contribution in [2.45, 2.75) is 19.8 Å². The molecule has 0 saturated carbocycles. The summed E-state index contributed by atoms with van der Waals surface area (Å²) in [6.45, 7) is 8.34. The third-order valence-electron chi connectivity index (χ3n) is 3.99. The van der Waals surface area contributed by atoms with Gasteiger partial charge in [-0.1, -0.05) is 6.92 Å². The van der Waals surface area contributed by atoms with Gasteiger partial charge in [0.15, 0.2) is 0 Å². The second-order valence-corrected chi connectivity index (χ2v) is 5.53. The molecule has 2 aliphatic heterocycles. The van der Waals surface area contributed by atoms with Crippen LogP contribution in [0.4, 0.5) is 4.79 Å². The van der Waals surface area contributed by atoms with Gasteiger partial charge < -0.3 is 14.9 Å². The molecule has 5 nitrogen and oxygen atoms in total. The number of aliphatic hydroxyl groups is 1. The van der Waals surface area contributed by atoms with Crippen molar-refractivity contribution in [3.8, 4) is 0 Å². The molecule has 0 aromatic heterocycles. The number of β-amino-alcohol motifs (C(OH)–C–C–N with tert-alkyl or cyclic N) is 1. The summed E-state index contributed by atoms with van der Waals surface area (Å²) < 4.78 is 0. The molecule has 2 aliphatic rings. The lowest BCUT2D eigenvalue weighted by Gasteiger charge is -2.39. The maximum absolute atomic E-state index is 12.3. The summed E-state index contributed by atoms with van der Waals surface area (Å²) in [6.07, 6.45) is 2.38. The summed E-state index contributed by atoms with van der Waals surface area (Å²) in [6, 6.07) is 0.213. The highest BCUT2D eigenvalue weighted by molar-refractivity contribution is 5.74. The maximum atomic E-state index is 12.3. The van der Waals surface area contributed by atoms with E-state index in [9.17, 15) is 4.79 Å². The number of hydrogen-bond acceptors (Lipinski definition) is 3. The lowest BCUT2D eigenvalue weighted by molar-refractivity contribution is 0.0926. The minimum Gasteiger partial charge on any atom is -0.395 e. The zero-order chi connectivity index (χ0) is 13.0. The van der Waals surface area contributed by atoms with Crippen molar-refractivity contribution in [1.29, 1.82) is 0 Å². The quantitative estimate of drug-likeness (QED) is 0.779. The van der Waals surface area contributed by atoms with Gasteiger partial charge in [0.25, 0.3) is 0 Å². The van der Waals surface area contributed by atoms with Crippen LogP contribution in [0.3, 0.4) is 0 Å². The Balaban J connectivity index is 1.80. The number of aliphatic hydroxyl groups excluding tert-OH is 1. The Morgan fingerprint density at radius 3 is 2.50 bits per heavy atom. The first-order valence-electron chi connectivity index (χ1n) is 7.08. The molecule has 5 heteroatoms. The molecule has 2 fully saturated rings. The molecule has 1 unspecified atom stereocenters. The van der Waals surface area contributed by atoms with E-state index in [0.29, 0.717) is 5.92 Å². The number of carbonyl (C=O) groups excluding carboxylic acids is 1. The van der Waals surface area contributed by atoms with Gasteiger partial charge in [0.2, 0.25) is 0 Å². The van der Waals surface area contributed by atoms with Crippen molar-refractivity contribution in [2.75, 3.05) is 52.4 Å². The number of amides is 2. The van der Waals surface area contributed by atoms with Gasteiger partial charge in [-0.15, -0.1) is 0 Å². The molecule has 0 aliphatic carbocycles. The number of rotatable bonds is 2. The topological polar surface area (TPSA) is 47.0 Å². The number of likely N-dealkylation sites (tertiary alicyclic amines) is 1. The van der Waals surface area contributed by atoms with Gasteiger partial charge in [-0.3, -0.25) is 4.90 Å². The number of piperazine rings is 1. The lowest BCUT2D eigenvalue weighted by Crippen LogP contribution is -2.54. The van der Waals surface area contributed by atoms with Crippen molar-refractivity contribution in [2.24, 2.45) is 5.92 Å². The van der Waals surface area contributed by atoms with Gasteiger partial charge >= 0.3 is 6.03 Å². The second-order valence-electron chi connectivity index (χ2n) is 5.53. The maximum Gasteiger partial charge on any atom is 0.320 e. The van der Waals surface area contributed by atoms with Crippen LogP contribution in [0.5, 0.6) is 0 Å². The molecule has 18 heavy (non-hydrogen) atoms. The fraction of sp³-hybridized carbons (Fsp3) is 0.923. The molecule has 2 saturated heterocycles. The van der Waals surface area contributed by atoms with Gasteiger partial charge in [-0.05, 0) is 18.8 Å². The molecule has 0 aromatic rings. The Bertz CT molecular complexity index is 277. The molecular formula is C13H25N3O2. The normalized spacial score (nSPS) is 26.4. The molecule has 104 valence electrons. The fourth-order valence-corrected chi connectivity index (χ4v) is 2.87. The first-order valence-corrected chi connectivity index (χ1v) is 7.08. The summed E-state index contributed by atoms with van der Waals surface area (Å²) in [7, 11) is 0. The molecule has 2 rings (SSSR count). The van der Waals surface area contributed by atoms with E-state index in [1.54, 1.807) is 0 Å². The van der Waals surface area contributed by atoms with E-state index < -0.39 is 0 Å². The Hall–Kier alpha value is -0.810. The molecule has 1 N–H and O–H groups in total. The number of carbonyl (C=O) groups is 1. The van der Waals surface area contributed by atoms with Crippen LogP contribution in [-0.2, 0) is 0 Å². The molecular weight excluding hydrogens is 230 g/mol. The standard InChI is InChI=1S/C13H25N3O2/c1-12-3-2-4-16(11-12)13(18)15-7-5-14(6-8-15)9-10-17/h12,17H,2-11H2,1H3. The number of piperidine rings is 1. The van der Waals surface area contributed by atoms with Gasteiger partial charge in [0.1, 0.15) is 0 Å². The van der Waals surface area contributed by atoms with E-state index >= 15 is 0 Å². The van der Waals surface area contributed by atoms with Crippen molar-refractivity contribution >= 4 is 6.03 Å². The Labute approximate surface area is 109 Å². The zero-order valence-corrected chi connectivity index (χ0v) is 11.3. The summed E-state index contributed by atoms with van der Waals surface area (Å²) in [4.78, 5) is 18.5. The van der Waals surface area contributed by atoms with Crippen LogP contribution in [0.2, 0.25) is 0 Å². The minimum atomic E-state index is 0.206. The van der Waals surface area contributed by atoms with Crippen LogP contribution in [-0.4, -0.2) is 78.3 Å². The van der Waals surface area contributed by atoms with E-state index in [-0.39, 0.29) is 12.6 Å². The van der Waals surface area contributed by atoms with Gasteiger partial charge in [0.05, 0.1) is 6.61 Å². The Morgan fingerprint density at radius 2 is 1.89 bits per heavy atom. The lowest BCUT2D eigenvalue weighted by atomic mass is 10.0. The third-order valence-corrected chi connectivity index (χ3v) is 3.99. The summed E-state index contributed by atoms with van der Waals surface area (Å²) in [5, 5.41) is 8.90. The SMILES string of the molecule is CC1CCCN(C(=O)N2CCN(CCO)CC2)C1. The largest absolute Gasteiger partial charge is 0.395 e. The van der Waals surface area contributed by atoms with Crippen LogP contribution in [0.25, 0.3) is 0 Å². The zero-order valence-electron chi connectivity index (χ0n) is 11.3. The highest BCUT2D eigenvalue weighted by atomic mass is 16.3. The fourth-order valence-electron chi connectivity index (χ4n) is 2.87. The van der Waals surface area contributed by atoms with Crippen molar-refractivity contribution < 1.29 is 9.90 Å². The molecule has 0 radical (unpaired) electrons. The molecule has 1 atom stereocenters. The molecule has 0 spiro atoms. The number of urea groups is 1.